The number of nitrogens with zero attached hydrogens (tertiary/aromatic N) is 7. The SMILES string of the molecule is CCc1c(C(=O)c2cc(C)cc(/C=C/C#N)c2)[nH]c(=O)[nH]c1=O.CCc1c(C(=O)c2cc(C)cc(/C=C/C#N)c2)n(Cc2cc(F)nc(NCc3ccc(OC)cc3)c2)c(=O)[nH]c1=O.CCc1c(C(=O)c2cc(C)cc(/C=C/C#N)c2)n(Cc2cc(N)nc(F)c2)c(=O)[nH]c1=O. The number of aromatic nitrogens is 8. The van der Waals surface area contributed by atoms with Gasteiger partial charge in [0.1, 0.15) is 28.8 Å². The first-order valence-electron chi connectivity index (χ1n) is 29.6. The standard InChI is InChI=1S/C31H28FN5O4.C23H20FN5O3.C17H15N3O3/c1-4-25-28(29(38)23-13-19(2)12-21(14-23)6-5-11-33)37(31(40)36-30(25)39)18-22-15-26(32)35-27(16-22)34-17-20-7-9-24(41-3)10-8-20;1-3-17-20(21(30)16-8-13(2)7-14(9-16)5-4-6-25)29(23(32)28-22(17)31)12-15-10-18(24)27-19(26)11-15;1-3-13-14(19-17(23)20-16(13)22)15(21)12-8-10(2)7-11(9-12)5-4-6-18/h5-10,12-16H,4,17-18H2,1-3H3,(H,34,35)(H,36,39,40);4-5,7-11H,3,12H2,1-2H3,(H2,26,27)(H,28,31,32);4-5,7-9H,3H2,1-2H3,(H2,19,20,22,23)/b6-5+;2*5-4+. The molecule has 486 valence electrons. The van der Waals surface area contributed by atoms with Crippen molar-refractivity contribution in [2.75, 3.05) is 18.2 Å². The molecule has 23 nitrogen and oxygen atoms in total. The molecule has 0 saturated carbocycles. The number of rotatable bonds is 20. The zero-order valence-corrected chi connectivity index (χ0v) is 53.1. The number of ether oxygens (including phenoxy) is 1. The quantitative estimate of drug-likeness (QED) is 0.0237. The summed E-state index contributed by atoms with van der Waals surface area (Å²) in [7, 11) is 1.58. The number of allylic oxidation sites excluding steroid dienone is 3. The van der Waals surface area contributed by atoms with Crippen molar-refractivity contribution >= 4 is 47.2 Å². The number of ketones is 3. The molecule has 0 aliphatic carbocycles. The number of aryl methyl sites for hydroxylation is 3. The van der Waals surface area contributed by atoms with Gasteiger partial charge in [0.2, 0.25) is 29.2 Å². The number of hydrogen-bond acceptors (Lipinski definition) is 17. The summed E-state index contributed by atoms with van der Waals surface area (Å²) < 4.78 is 35.7. The molecule has 9 aromatic rings. The molecular weight excluding hydrogens is 1230 g/mol. The predicted octanol–water partition coefficient (Wildman–Crippen LogP) is 8.42. The summed E-state index contributed by atoms with van der Waals surface area (Å²) in [5.41, 5.74) is 8.48. The number of nitrogens with two attached hydrogens (primary N) is 1. The lowest BCUT2D eigenvalue weighted by Crippen LogP contribution is -2.37. The Kier molecular flexibility index (Phi) is 23.9. The lowest BCUT2D eigenvalue weighted by atomic mass is 9.98. The molecule has 0 saturated heterocycles. The van der Waals surface area contributed by atoms with E-state index in [4.69, 9.17) is 26.3 Å². The molecule has 0 amide bonds. The molecule has 7 N–H and O–H groups in total. The van der Waals surface area contributed by atoms with Gasteiger partial charge in [-0.15, -0.1) is 0 Å². The molecule has 0 radical (unpaired) electrons. The van der Waals surface area contributed by atoms with E-state index in [-0.39, 0.29) is 82.5 Å². The number of hydrogen-bond donors (Lipinski definition) is 6. The minimum absolute atomic E-state index is 0.00191. The Morgan fingerprint density at radius 2 is 0.958 bits per heavy atom. The monoisotopic (exact) mass is 1300 g/mol. The number of nitrogen functional groups attached to an aromatic ring is 1. The Bertz CT molecular complexity index is 5090. The van der Waals surface area contributed by atoms with Crippen LogP contribution in [-0.2, 0) is 38.9 Å². The molecule has 0 aliphatic rings. The number of aromatic amines is 4. The van der Waals surface area contributed by atoms with E-state index in [0.717, 1.165) is 37.5 Å². The third kappa shape index (κ3) is 18.0. The summed E-state index contributed by atoms with van der Waals surface area (Å²) in [4.78, 5) is 131. The molecule has 96 heavy (non-hydrogen) atoms. The molecule has 0 aliphatic heterocycles. The first kappa shape index (κ1) is 70.6. The van der Waals surface area contributed by atoms with Gasteiger partial charge in [0, 0.05) is 58.2 Å². The Balaban J connectivity index is 0.000000212. The second kappa shape index (κ2) is 32.5. The fourth-order valence-electron chi connectivity index (χ4n) is 10.4. The van der Waals surface area contributed by atoms with E-state index in [2.05, 4.69) is 35.2 Å². The van der Waals surface area contributed by atoms with Gasteiger partial charge < -0.3 is 20.8 Å². The summed E-state index contributed by atoms with van der Waals surface area (Å²) in [6.07, 6.45) is 9.29. The van der Waals surface area contributed by atoms with Crippen LogP contribution < -0.4 is 49.5 Å². The molecule has 0 bridgehead atoms. The van der Waals surface area contributed by atoms with E-state index in [9.17, 15) is 51.9 Å². The van der Waals surface area contributed by atoms with E-state index in [1.807, 2.05) is 55.5 Å². The van der Waals surface area contributed by atoms with Crippen LogP contribution in [0, 0.1) is 66.7 Å². The minimum atomic E-state index is -0.825. The number of carbonyl (C=O) groups excluding carboxylic acids is 3. The number of methoxy groups -OCH3 is 1. The average Bonchev–Trinajstić information content (AvgIpc) is 0.796. The summed E-state index contributed by atoms with van der Waals surface area (Å²) in [5, 5.41) is 29.3. The lowest BCUT2D eigenvalue weighted by Gasteiger charge is -2.16. The number of H-pyrrole nitrogens is 4. The Morgan fingerprint density at radius 1 is 0.542 bits per heavy atom. The van der Waals surface area contributed by atoms with Gasteiger partial charge in [0.25, 0.3) is 16.7 Å². The number of benzene rings is 4. The van der Waals surface area contributed by atoms with Gasteiger partial charge in [-0.05, 0) is 181 Å². The summed E-state index contributed by atoms with van der Waals surface area (Å²) >= 11 is 0. The van der Waals surface area contributed by atoms with Crippen molar-refractivity contribution in [3.8, 4) is 24.0 Å². The summed E-state index contributed by atoms with van der Waals surface area (Å²) in [5.74, 6) is -2.22. The molecule has 0 spiro atoms. The summed E-state index contributed by atoms with van der Waals surface area (Å²) in [6, 6.07) is 33.4. The number of pyridine rings is 2. The van der Waals surface area contributed by atoms with Crippen LogP contribution in [0.3, 0.4) is 0 Å². The number of anilines is 2. The molecule has 0 fully saturated rings. The second-order valence-corrected chi connectivity index (χ2v) is 21.5. The molecule has 9 rings (SSSR count). The van der Waals surface area contributed by atoms with Gasteiger partial charge in [-0.3, -0.25) is 52.9 Å². The van der Waals surface area contributed by atoms with E-state index in [1.54, 1.807) is 115 Å². The normalized spacial score (nSPS) is 10.9. The van der Waals surface area contributed by atoms with Gasteiger partial charge in [-0.1, -0.05) is 51.1 Å². The van der Waals surface area contributed by atoms with Crippen molar-refractivity contribution in [2.24, 2.45) is 0 Å². The highest BCUT2D eigenvalue weighted by Gasteiger charge is 2.25. The maximum Gasteiger partial charge on any atom is 0.329 e. The van der Waals surface area contributed by atoms with E-state index in [0.29, 0.717) is 52.1 Å². The van der Waals surface area contributed by atoms with Gasteiger partial charge >= 0.3 is 17.1 Å². The smallest absolute Gasteiger partial charge is 0.329 e. The predicted molar refractivity (Wildman–Crippen MR) is 358 cm³/mol. The van der Waals surface area contributed by atoms with E-state index < -0.39 is 63.0 Å². The van der Waals surface area contributed by atoms with Crippen LogP contribution in [0.5, 0.6) is 5.75 Å². The van der Waals surface area contributed by atoms with Crippen molar-refractivity contribution in [1.82, 2.24) is 39.0 Å². The van der Waals surface area contributed by atoms with Crippen LogP contribution in [0.4, 0.5) is 20.4 Å². The van der Waals surface area contributed by atoms with Crippen LogP contribution in [0.2, 0.25) is 0 Å². The first-order valence-corrected chi connectivity index (χ1v) is 29.6. The number of nitrogens with one attached hydrogen (secondary N) is 5. The molecule has 0 unspecified atom stereocenters. The first-order chi connectivity index (χ1) is 45.9. The van der Waals surface area contributed by atoms with Crippen LogP contribution in [-0.4, -0.2) is 63.5 Å². The van der Waals surface area contributed by atoms with Crippen LogP contribution in [0.1, 0.15) is 136 Å². The van der Waals surface area contributed by atoms with Crippen molar-refractivity contribution < 1.29 is 27.9 Å². The molecule has 25 heteroatoms. The third-order valence-corrected chi connectivity index (χ3v) is 14.5. The van der Waals surface area contributed by atoms with Gasteiger partial charge in [0.05, 0.1) is 44.1 Å². The summed E-state index contributed by atoms with van der Waals surface area (Å²) in [6.45, 7) is 10.5. The van der Waals surface area contributed by atoms with E-state index in [1.165, 1.54) is 30.4 Å². The highest BCUT2D eigenvalue weighted by atomic mass is 19.1. The van der Waals surface area contributed by atoms with Crippen molar-refractivity contribution in [1.29, 1.82) is 15.8 Å². The molecule has 0 atom stereocenters. The molecule has 5 heterocycles. The fraction of sp³-hybridized carbons (Fsp3) is 0.183. The fourth-order valence-corrected chi connectivity index (χ4v) is 10.4. The van der Waals surface area contributed by atoms with E-state index >= 15 is 0 Å². The number of halogens is 2. The van der Waals surface area contributed by atoms with Crippen LogP contribution in [0.15, 0.2) is 150 Å². The highest BCUT2D eigenvalue weighted by molar-refractivity contribution is 6.10. The third-order valence-electron chi connectivity index (χ3n) is 14.5. The largest absolute Gasteiger partial charge is 0.497 e. The van der Waals surface area contributed by atoms with Crippen molar-refractivity contribution in [3.05, 3.63) is 296 Å². The second-order valence-electron chi connectivity index (χ2n) is 21.5. The van der Waals surface area contributed by atoms with Crippen molar-refractivity contribution in [2.45, 2.75) is 80.4 Å². The molecule has 5 aromatic heterocycles. The zero-order valence-electron chi connectivity index (χ0n) is 53.1. The highest BCUT2D eigenvalue weighted by Crippen LogP contribution is 2.23. The van der Waals surface area contributed by atoms with Crippen LogP contribution in [0.25, 0.3) is 18.2 Å². The number of carbonyl (C=O) groups is 3. The maximum atomic E-state index is 14.6. The van der Waals surface area contributed by atoms with Gasteiger partial charge in [-0.25, -0.2) is 24.4 Å². The minimum Gasteiger partial charge on any atom is -0.497 e. The average molecular weight is 1300 g/mol. The Morgan fingerprint density at radius 3 is 1.38 bits per heavy atom. The maximum absolute atomic E-state index is 14.6. The van der Waals surface area contributed by atoms with Crippen LogP contribution >= 0.6 is 0 Å². The van der Waals surface area contributed by atoms with Gasteiger partial charge in [0.15, 0.2) is 0 Å². The van der Waals surface area contributed by atoms with Gasteiger partial charge in [-0.2, -0.15) is 24.6 Å². The van der Waals surface area contributed by atoms with Crippen molar-refractivity contribution in [3.63, 3.8) is 0 Å². The molecule has 4 aromatic carbocycles. The zero-order chi connectivity index (χ0) is 69.9. The Labute approximate surface area is 546 Å². The number of nitriles is 3. The molecular formula is C71H63F2N13O10. The topological polar surface area (TPSA) is 371 Å². The lowest BCUT2D eigenvalue weighted by molar-refractivity contribution is 0.102. The Hall–Kier alpha value is -12.8.